The maximum Gasteiger partial charge on any atom is 0.130 e. The average Bonchev–Trinajstić information content (AvgIpc) is 2.80. The average molecular weight is 447 g/mol. The number of unbranched alkanes of at least 4 members (excludes halogenated alkanes) is 10. The molecule has 0 aliphatic carbocycles. The van der Waals surface area contributed by atoms with Gasteiger partial charge >= 0.3 is 0 Å². The van der Waals surface area contributed by atoms with Gasteiger partial charge in [0.05, 0.1) is 13.2 Å². The molecule has 3 heteroatoms. The molecule has 0 spiro atoms. The van der Waals surface area contributed by atoms with Crippen LogP contribution >= 0.6 is 11.6 Å². The van der Waals surface area contributed by atoms with Gasteiger partial charge in [0.15, 0.2) is 0 Å². The molecule has 0 aromatic heterocycles. The van der Waals surface area contributed by atoms with Crippen molar-refractivity contribution in [3.63, 3.8) is 0 Å². The quantitative estimate of drug-likeness (QED) is 0.168. The summed E-state index contributed by atoms with van der Waals surface area (Å²) in [5.74, 6) is 2.84. The third-order valence-electron chi connectivity index (χ3n) is 5.94. The highest BCUT2D eigenvalue weighted by molar-refractivity contribution is 6.17. The van der Waals surface area contributed by atoms with Crippen molar-refractivity contribution in [1.29, 1.82) is 0 Å². The number of alkyl halides is 1. The maximum atomic E-state index is 6.33. The Balaban J connectivity index is 1.92. The number of ether oxygens (including phenoxy) is 2. The van der Waals surface area contributed by atoms with E-state index in [9.17, 15) is 0 Å². The van der Waals surface area contributed by atoms with Crippen LogP contribution in [0.3, 0.4) is 0 Å². The van der Waals surface area contributed by atoms with Gasteiger partial charge in [0.2, 0.25) is 0 Å². The molecule has 0 saturated carbocycles. The van der Waals surface area contributed by atoms with Crippen molar-refractivity contribution < 1.29 is 9.47 Å². The molecule has 0 unspecified atom stereocenters. The first kappa shape index (κ1) is 25.8. The first-order valence-electron chi connectivity index (χ1n) is 12.7. The lowest BCUT2D eigenvalue weighted by molar-refractivity contribution is 0.299. The predicted molar refractivity (Wildman–Crippen MR) is 136 cm³/mol. The molecule has 0 radical (unpaired) electrons. The zero-order chi connectivity index (χ0) is 22.2. The van der Waals surface area contributed by atoms with Gasteiger partial charge < -0.3 is 9.47 Å². The van der Waals surface area contributed by atoms with Crippen molar-refractivity contribution in [3.8, 4) is 11.5 Å². The van der Waals surface area contributed by atoms with E-state index in [0.29, 0.717) is 0 Å². The molecule has 2 nitrogen and oxygen atoms in total. The van der Waals surface area contributed by atoms with Crippen LogP contribution in [0.5, 0.6) is 11.5 Å². The molecule has 0 aliphatic rings. The summed E-state index contributed by atoms with van der Waals surface area (Å²) in [6, 6.07) is 10.7. The molecule has 0 saturated heterocycles. The van der Waals surface area contributed by atoms with Gasteiger partial charge in [0, 0.05) is 16.7 Å². The van der Waals surface area contributed by atoms with Crippen LogP contribution in [-0.2, 0) is 6.42 Å². The van der Waals surface area contributed by atoms with Gasteiger partial charge in [-0.05, 0) is 37.3 Å². The molecule has 0 aliphatic heterocycles. The highest BCUT2D eigenvalue weighted by Gasteiger charge is 2.13. The summed E-state index contributed by atoms with van der Waals surface area (Å²) in [5.41, 5.74) is 1.25. The number of rotatable bonds is 18. The second-order valence-electron chi connectivity index (χ2n) is 8.54. The SMILES string of the molecule is CCCCCCCCOc1c(CC)cc(OCCCCCCCCCl)c2ccccc12. The molecule has 0 fully saturated rings. The minimum absolute atomic E-state index is 0.778. The Morgan fingerprint density at radius 1 is 0.677 bits per heavy atom. The Morgan fingerprint density at radius 2 is 1.26 bits per heavy atom. The van der Waals surface area contributed by atoms with Crippen molar-refractivity contribution in [3.05, 3.63) is 35.9 Å². The molecule has 2 aromatic carbocycles. The Labute approximate surface area is 195 Å². The number of hydrogen-bond acceptors (Lipinski definition) is 2. The van der Waals surface area contributed by atoms with E-state index in [1.807, 2.05) is 0 Å². The molecule has 31 heavy (non-hydrogen) atoms. The lowest BCUT2D eigenvalue weighted by Crippen LogP contribution is -2.03. The molecular formula is C28H43ClO2. The van der Waals surface area contributed by atoms with Gasteiger partial charge in [0.25, 0.3) is 0 Å². The summed E-state index contributed by atoms with van der Waals surface area (Å²) in [6.07, 6.45) is 15.9. The molecule has 2 rings (SSSR count). The van der Waals surface area contributed by atoms with Crippen molar-refractivity contribution in [2.45, 2.75) is 97.3 Å². The zero-order valence-electron chi connectivity index (χ0n) is 19.9. The Morgan fingerprint density at radius 3 is 1.90 bits per heavy atom. The Hall–Kier alpha value is -1.41. The van der Waals surface area contributed by atoms with Gasteiger partial charge in [-0.1, -0.05) is 95.9 Å². The van der Waals surface area contributed by atoms with E-state index in [-0.39, 0.29) is 0 Å². The number of hydrogen-bond donors (Lipinski definition) is 0. The fraction of sp³-hybridized carbons (Fsp3) is 0.643. The lowest BCUT2D eigenvalue weighted by Gasteiger charge is -2.17. The largest absolute Gasteiger partial charge is 0.493 e. The first-order valence-corrected chi connectivity index (χ1v) is 13.2. The molecule has 0 N–H and O–H groups in total. The number of fused-ring (bicyclic) bond motifs is 1. The molecule has 174 valence electrons. The number of aryl methyl sites for hydroxylation is 1. The maximum absolute atomic E-state index is 6.33. The van der Waals surface area contributed by atoms with Crippen molar-refractivity contribution in [1.82, 2.24) is 0 Å². The highest BCUT2D eigenvalue weighted by atomic mass is 35.5. The van der Waals surface area contributed by atoms with Gasteiger partial charge in [-0.3, -0.25) is 0 Å². The molecule has 0 amide bonds. The van der Waals surface area contributed by atoms with Gasteiger partial charge in [0.1, 0.15) is 11.5 Å². The Kier molecular flexibility index (Phi) is 13.6. The van der Waals surface area contributed by atoms with Crippen LogP contribution in [0.1, 0.15) is 96.5 Å². The summed E-state index contributed by atoms with van der Waals surface area (Å²) in [5, 5.41) is 2.35. The summed E-state index contributed by atoms with van der Waals surface area (Å²) < 4.78 is 12.6. The van der Waals surface area contributed by atoms with Gasteiger partial charge in [-0.25, -0.2) is 0 Å². The topological polar surface area (TPSA) is 18.5 Å². The van der Waals surface area contributed by atoms with E-state index >= 15 is 0 Å². The number of benzene rings is 2. The smallest absolute Gasteiger partial charge is 0.130 e. The van der Waals surface area contributed by atoms with Crippen molar-refractivity contribution >= 4 is 22.4 Å². The summed E-state index contributed by atoms with van der Waals surface area (Å²) in [6.45, 7) is 6.04. The lowest BCUT2D eigenvalue weighted by atomic mass is 10.0. The highest BCUT2D eigenvalue weighted by Crippen LogP contribution is 2.37. The molecule has 2 aromatic rings. The predicted octanol–water partition coefficient (Wildman–Crippen LogP) is 9.10. The molecule has 0 atom stereocenters. The second kappa shape index (κ2) is 16.3. The summed E-state index contributed by atoms with van der Waals surface area (Å²) in [4.78, 5) is 0. The van der Waals surface area contributed by atoms with E-state index < -0.39 is 0 Å². The third kappa shape index (κ3) is 9.31. The minimum Gasteiger partial charge on any atom is -0.493 e. The number of halogens is 1. The third-order valence-corrected chi connectivity index (χ3v) is 6.21. The molecule has 0 heterocycles. The van der Waals surface area contributed by atoms with E-state index in [1.54, 1.807) is 0 Å². The van der Waals surface area contributed by atoms with Gasteiger partial charge in [-0.2, -0.15) is 0 Å². The second-order valence-corrected chi connectivity index (χ2v) is 8.92. The first-order chi connectivity index (χ1) is 15.3. The van der Waals surface area contributed by atoms with Crippen LogP contribution in [0.2, 0.25) is 0 Å². The minimum atomic E-state index is 0.778. The normalized spacial score (nSPS) is 11.2. The van der Waals surface area contributed by atoms with Crippen LogP contribution in [-0.4, -0.2) is 19.1 Å². The van der Waals surface area contributed by atoms with E-state index in [2.05, 4.69) is 44.2 Å². The zero-order valence-corrected chi connectivity index (χ0v) is 20.7. The summed E-state index contributed by atoms with van der Waals surface area (Å²) in [7, 11) is 0. The van der Waals surface area contributed by atoms with Gasteiger partial charge in [-0.15, -0.1) is 11.6 Å². The van der Waals surface area contributed by atoms with E-state index in [1.165, 1.54) is 74.1 Å². The fourth-order valence-corrected chi connectivity index (χ4v) is 4.25. The Bertz CT molecular complexity index is 728. The van der Waals surface area contributed by atoms with E-state index in [4.69, 9.17) is 21.1 Å². The fourth-order valence-electron chi connectivity index (χ4n) is 4.07. The van der Waals surface area contributed by atoms with Crippen LogP contribution in [0, 0.1) is 0 Å². The van der Waals surface area contributed by atoms with Crippen molar-refractivity contribution in [2.24, 2.45) is 0 Å². The van der Waals surface area contributed by atoms with Crippen molar-refractivity contribution in [2.75, 3.05) is 19.1 Å². The standard InChI is InChI=1S/C28H43ClO2/c1-3-5-6-7-11-17-22-31-28-24(4-2)23-27(25-18-13-14-19-26(25)28)30-21-16-12-9-8-10-15-20-29/h13-14,18-19,23H,3-12,15-17,20-22H2,1-2H3. The van der Waals surface area contributed by atoms with Crippen LogP contribution in [0.4, 0.5) is 0 Å². The monoisotopic (exact) mass is 446 g/mol. The van der Waals surface area contributed by atoms with Crippen LogP contribution in [0.15, 0.2) is 30.3 Å². The molecular weight excluding hydrogens is 404 g/mol. The summed E-state index contributed by atoms with van der Waals surface area (Å²) >= 11 is 5.75. The van der Waals surface area contributed by atoms with Crippen LogP contribution < -0.4 is 9.47 Å². The van der Waals surface area contributed by atoms with E-state index in [0.717, 1.165) is 56.3 Å². The van der Waals surface area contributed by atoms with Crippen LogP contribution in [0.25, 0.3) is 10.8 Å². The molecule has 0 bridgehead atoms.